The lowest BCUT2D eigenvalue weighted by molar-refractivity contribution is -0.146. The van der Waals surface area contributed by atoms with Gasteiger partial charge in [-0.15, -0.1) is 0 Å². The first-order valence-corrected chi connectivity index (χ1v) is 6.64. The highest BCUT2D eigenvalue weighted by atomic mass is 79.9. The standard InChI is InChI=1S/C13H16BrNO5/c1-4-15(7-16)12(13(17)18)8-5-10(19-2)11(20-3)6-9(8)14/h5-7,12H,4H2,1-3H3,(H,17,18). The molecule has 0 fully saturated rings. The maximum atomic E-state index is 11.5. The Balaban J connectivity index is 3.40. The lowest BCUT2D eigenvalue weighted by Gasteiger charge is -2.25. The van der Waals surface area contributed by atoms with Gasteiger partial charge in [0.1, 0.15) is 0 Å². The maximum Gasteiger partial charge on any atom is 0.331 e. The molecule has 1 atom stereocenters. The molecule has 20 heavy (non-hydrogen) atoms. The first kappa shape index (κ1) is 16.3. The van der Waals surface area contributed by atoms with Gasteiger partial charge in [0.05, 0.1) is 14.2 Å². The molecule has 0 aliphatic heterocycles. The zero-order valence-electron chi connectivity index (χ0n) is 11.4. The Morgan fingerprint density at radius 3 is 2.35 bits per heavy atom. The van der Waals surface area contributed by atoms with E-state index in [0.717, 1.165) is 0 Å². The van der Waals surface area contributed by atoms with Gasteiger partial charge in [-0.3, -0.25) is 4.79 Å². The molecule has 1 rings (SSSR count). The fourth-order valence-corrected chi connectivity index (χ4v) is 2.39. The Kier molecular flexibility index (Phi) is 5.82. The number of nitrogens with zero attached hydrogens (tertiary/aromatic N) is 1. The van der Waals surface area contributed by atoms with Gasteiger partial charge in [-0.25, -0.2) is 4.79 Å². The third-order valence-corrected chi connectivity index (χ3v) is 3.55. The van der Waals surface area contributed by atoms with Crippen LogP contribution in [0.15, 0.2) is 16.6 Å². The van der Waals surface area contributed by atoms with Crippen LogP contribution >= 0.6 is 15.9 Å². The van der Waals surface area contributed by atoms with Crippen LogP contribution in [0.5, 0.6) is 11.5 Å². The van der Waals surface area contributed by atoms with E-state index in [9.17, 15) is 14.7 Å². The molecule has 1 amide bonds. The molecule has 6 nitrogen and oxygen atoms in total. The summed E-state index contributed by atoms with van der Waals surface area (Å²) in [7, 11) is 2.95. The van der Waals surface area contributed by atoms with Crippen molar-refractivity contribution in [3.05, 3.63) is 22.2 Å². The molecule has 0 aliphatic carbocycles. The zero-order valence-corrected chi connectivity index (χ0v) is 13.0. The average molecular weight is 346 g/mol. The first-order valence-electron chi connectivity index (χ1n) is 5.85. The number of ether oxygens (including phenoxy) is 2. The number of carbonyl (C=O) groups is 2. The predicted octanol–water partition coefficient (Wildman–Crippen LogP) is 2.07. The number of carboxylic acids is 1. The van der Waals surface area contributed by atoms with Crippen molar-refractivity contribution in [3.63, 3.8) is 0 Å². The molecule has 0 bridgehead atoms. The molecule has 0 saturated carbocycles. The minimum Gasteiger partial charge on any atom is -0.493 e. The molecule has 0 aliphatic rings. The molecular weight excluding hydrogens is 330 g/mol. The molecule has 110 valence electrons. The van der Waals surface area contributed by atoms with E-state index in [-0.39, 0.29) is 6.54 Å². The Morgan fingerprint density at radius 1 is 1.40 bits per heavy atom. The minimum absolute atomic E-state index is 0.279. The van der Waals surface area contributed by atoms with Crippen LogP contribution in [0, 0.1) is 0 Å². The summed E-state index contributed by atoms with van der Waals surface area (Å²) >= 11 is 3.31. The molecule has 0 saturated heterocycles. The summed E-state index contributed by atoms with van der Waals surface area (Å²) in [5.41, 5.74) is 0.420. The van der Waals surface area contributed by atoms with E-state index in [2.05, 4.69) is 15.9 Å². The van der Waals surface area contributed by atoms with Crippen molar-refractivity contribution < 1.29 is 24.2 Å². The molecule has 0 heterocycles. The quantitative estimate of drug-likeness (QED) is 0.765. The smallest absolute Gasteiger partial charge is 0.331 e. The Bertz CT molecular complexity index is 506. The number of methoxy groups -OCH3 is 2. The van der Waals surface area contributed by atoms with Gasteiger partial charge in [-0.1, -0.05) is 15.9 Å². The van der Waals surface area contributed by atoms with Crippen LogP contribution in [0.4, 0.5) is 0 Å². The predicted molar refractivity (Wildman–Crippen MR) is 76.1 cm³/mol. The molecule has 1 unspecified atom stereocenters. The molecule has 0 spiro atoms. The van der Waals surface area contributed by atoms with Crippen LogP contribution < -0.4 is 9.47 Å². The van der Waals surface area contributed by atoms with E-state index in [1.165, 1.54) is 19.1 Å². The number of likely N-dealkylation sites (N-methyl/N-ethyl adjacent to an activating group) is 1. The van der Waals surface area contributed by atoms with Gasteiger partial charge in [0.25, 0.3) is 0 Å². The van der Waals surface area contributed by atoms with E-state index < -0.39 is 12.0 Å². The van der Waals surface area contributed by atoms with Gasteiger partial charge < -0.3 is 19.5 Å². The van der Waals surface area contributed by atoms with Gasteiger partial charge in [0, 0.05) is 16.6 Å². The van der Waals surface area contributed by atoms with Crippen LogP contribution in [0.3, 0.4) is 0 Å². The van der Waals surface area contributed by atoms with Crippen molar-refractivity contribution in [2.24, 2.45) is 0 Å². The first-order chi connectivity index (χ1) is 9.49. The summed E-state index contributed by atoms with van der Waals surface area (Å²) in [6.45, 7) is 1.99. The van der Waals surface area contributed by atoms with Gasteiger partial charge in [0.15, 0.2) is 17.5 Å². The average Bonchev–Trinajstić information content (AvgIpc) is 2.44. The zero-order chi connectivity index (χ0) is 15.3. The third kappa shape index (κ3) is 3.22. The van der Waals surface area contributed by atoms with Crippen molar-refractivity contribution in [2.45, 2.75) is 13.0 Å². The summed E-state index contributed by atoms with van der Waals surface area (Å²) < 4.78 is 10.8. The van der Waals surface area contributed by atoms with Crippen LogP contribution in [0.2, 0.25) is 0 Å². The number of carboxylic acid groups (broad SMARTS) is 1. The van der Waals surface area contributed by atoms with Gasteiger partial charge >= 0.3 is 5.97 Å². The van der Waals surface area contributed by atoms with Crippen molar-refractivity contribution in [2.75, 3.05) is 20.8 Å². The number of amides is 1. The van der Waals surface area contributed by atoms with E-state index in [1.54, 1.807) is 19.1 Å². The summed E-state index contributed by atoms with van der Waals surface area (Å²) in [5.74, 6) is -0.243. The van der Waals surface area contributed by atoms with Crippen molar-refractivity contribution in [1.82, 2.24) is 4.90 Å². The highest BCUT2D eigenvalue weighted by molar-refractivity contribution is 9.10. The SMILES string of the molecule is CCN(C=O)C(C(=O)O)c1cc(OC)c(OC)cc1Br. The van der Waals surface area contributed by atoms with Gasteiger partial charge in [-0.05, 0) is 19.1 Å². The van der Waals surface area contributed by atoms with Crippen LogP contribution in [0.1, 0.15) is 18.5 Å². The van der Waals surface area contributed by atoms with E-state index in [4.69, 9.17) is 9.47 Å². The molecule has 1 N–H and O–H groups in total. The summed E-state index contributed by atoms with van der Waals surface area (Å²) in [6, 6.07) is 2.07. The number of hydrogen-bond acceptors (Lipinski definition) is 4. The van der Waals surface area contributed by atoms with Crippen molar-refractivity contribution >= 4 is 28.3 Å². The molecule has 1 aromatic carbocycles. The highest BCUT2D eigenvalue weighted by Gasteiger charge is 2.28. The fraction of sp³-hybridized carbons (Fsp3) is 0.385. The normalized spacial score (nSPS) is 11.6. The Morgan fingerprint density at radius 2 is 1.95 bits per heavy atom. The topological polar surface area (TPSA) is 76.1 Å². The molecule has 1 aromatic rings. The number of halogens is 1. The van der Waals surface area contributed by atoms with Gasteiger partial charge in [0.2, 0.25) is 6.41 Å². The second-order valence-corrected chi connectivity index (χ2v) is 4.76. The molecule has 0 radical (unpaired) electrons. The molecular formula is C13H16BrNO5. The van der Waals surface area contributed by atoms with Crippen LogP contribution in [0.25, 0.3) is 0 Å². The molecule has 0 aromatic heterocycles. The summed E-state index contributed by atoms with van der Waals surface area (Å²) in [6.07, 6.45) is 0.516. The Hall–Kier alpha value is -1.76. The summed E-state index contributed by atoms with van der Waals surface area (Å²) in [4.78, 5) is 23.7. The minimum atomic E-state index is -1.12. The van der Waals surface area contributed by atoms with Gasteiger partial charge in [-0.2, -0.15) is 0 Å². The Labute approximate surface area is 125 Å². The van der Waals surface area contributed by atoms with Crippen molar-refractivity contribution in [1.29, 1.82) is 0 Å². The van der Waals surface area contributed by atoms with Crippen LogP contribution in [-0.2, 0) is 9.59 Å². The largest absolute Gasteiger partial charge is 0.493 e. The van der Waals surface area contributed by atoms with E-state index in [1.807, 2.05) is 0 Å². The number of benzene rings is 1. The second-order valence-electron chi connectivity index (χ2n) is 3.91. The lowest BCUT2D eigenvalue weighted by Crippen LogP contribution is -2.33. The monoisotopic (exact) mass is 345 g/mol. The number of aliphatic carboxylic acids is 1. The third-order valence-electron chi connectivity index (χ3n) is 2.86. The van der Waals surface area contributed by atoms with E-state index >= 15 is 0 Å². The van der Waals surface area contributed by atoms with Crippen molar-refractivity contribution in [3.8, 4) is 11.5 Å². The van der Waals surface area contributed by atoms with Crippen LogP contribution in [-0.4, -0.2) is 43.2 Å². The number of carbonyl (C=O) groups excluding carboxylic acids is 1. The van der Waals surface area contributed by atoms with E-state index in [0.29, 0.717) is 27.9 Å². The number of hydrogen-bond donors (Lipinski definition) is 1. The highest BCUT2D eigenvalue weighted by Crippen LogP contribution is 2.37. The summed E-state index contributed by atoms with van der Waals surface area (Å²) in [5, 5.41) is 9.38. The fourth-order valence-electron chi connectivity index (χ4n) is 1.85. The maximum absolute atomic E-state index is 11.5. The lowest BCUT2D eigenvalue weighted by atomic mass is 10.0. The number of rotatable bonds is 7. The second kappa shape index (κ2) is 7.14. The molecule has 7 heteroatoms.